The van der Waals surface area contributed by atoms with E-state index in [4.69, 9.17) is 0 Å². The predicted octanol–water partition coefficient (Wildman–Crippen LogP) is 3.78. The zero-order valence-electron chi connectivity index (χ0n) is 11.5. The SMILES string of the molecule is C[C@H](C[C@@](C)(O)c1ccccc1)Nc1ccccc1. The van der Waals surface area contributed by atoms with Crippen LogP contribution in [0.25, 0.3) is 0 Å². The van der Waals surface area contributed by atoms with Crippen molar-refractivity contribution in [3.8, 4) is 0 Å². The van der Waals surface area contributed by atoms with Crippen molar-refractivity contribution in [1.29, 1.82) is 0 Å². The summed E-state index contributed by atoms with van der Waals surface area (Å²) in [4.78, 5) is 0. The fourth-order valence-corrected chi connectivity index (χ4v) is 2.38. The maximum Gasteiger partial charge on any atom is 0.0887 e. The minimum absolute atomic E-state index is 0.192. The Morgan fingerprint density at radius 1 is 1.00 bits per heavy atom. The third-order valence-corrected chi connectivity index (χ3v) is 3.29. The van der Waals surface area contributed by atoms with E-state index in [2.05, 4.69) is 12.2 Å². The number of benzene rings is 2. The Hall–Kier alpha value is -1.80. The molecule has 2 N–H and O–H groups in total. The molecule has 2 aromatic rings. The first-order valence-electron chi connectivity index (χ1n) is 6.67. The Labute approximate surface area is 115 Å². The second-order valence-electron chi connectivity index (χ2n) is 5.26. The smallest absolute Gasteiger partial charge is 0.0887 e. The quantitative estimate of drug-likeness (QED) is 0.852. The van der Waals surface area contributed by atoms with Gasteiger partial charge < -0.3 is 10.4 Å². The second-order valence-corrected chi connectivity index (χ2v) is 5.26. The van der Waals surface area contributed by atoms with Crippen molar-refractivity contribution in [1.82, 2.24) is 0 Å². The molecule has 2 heteroatoms. The van der Waals surface area contributed by atoms with Crippen molar-refractivity contribution >= 4 is 5.69 Å². The zero-order valence-corrected chi connectivity index (χ0v) is 11.5. The second kappa shape index (κ2) is 5.89. The first-order chi connectivity index (χ1) is 9.08. The van der Waals surface area contributed by atoms with Gasteiger partial charge in [0.05, 0.1) is 5.60 Å². The maximum atomic E-state index is 10.6. The molecule has 0 fully saturated rings. The molecule has 0 spiro atoms. The van der Waals surface area contributed by atoms with Crippen molar-refractivity contribution in [3.63, 3.8) is 0 Å². The highest BCUT2D eigenvalue weighted by Gasteiger charge is 2.25. The van der Waals surface area contributed by atoms with Crippen LogP contribution >= 0.6 is 0 Å². The molecule has 0 saturated heterocycles. The third-order valence-electron chi connectivity index (χ3n) is 3.29. The average molecular weight is 255 g/mol. The predicted molar refractivity (Wildman–Crippen MR) is 80.2 cm³/mol. The molecule has 0 amide bonds. The summed E-state index contributed by atoms with van der Waals surface area (Å²) in [5.41, 5.74) is 1.22. The van der Waals surface area contributed by atoms with Gasteiger partial charge in [-0.25, -0.2) is 0 Å². The summed E-state index contributed by atoms with van der Waals surface area (Å²) in [5.74, 6) is 0. The van der Waals surface area contributed by atoms with Crippen molar-refractivity contribution in [3.05, 3.63) is 66.2 Å². The average Bonchev–Trinajstić information content (AvgIpc) is 2.40. The Morgan fingerprint density at radius 3 is 2.11 bits per heavy atom. The van der Waals surface area contributed by atoms with Crippen molar-refractivity contribution in [2.45, 2.75) is 31.9 Å². The van der Waals surface area contributed by atoms with E-state index in [1.165, 1.54) is 0 Å². The zero-order chi connectivity index (χ0) is 13.7. The van der Waals surface area contributed by atoms with Gasteiger partial charge in [0.15, 0.2) is 0 Å². The Balaban J connectivity index is 2.00. The number of rotatable bonds is 5. The van der Waals surface area contributed by atoms with Gasteiger partial charge in [-0.1, -0.05) is 48.5 Å². The molecule has 2 aromatic carbocycles. The molecule has 0 aromatic heterocycles. The van der Waals surface area contributed by atoms with E-state index in [0.717, 1.165) is 11.3 Å². The number of aliphatic hydroxyl groups is 1. The minimum Gasteiger partial charge on any atom is -0.385 e. The lowest BCUT2D eigenvalue weighted by Gasteiger charge is -2.28. The molecular weight excluding hydrogens is 234 g/mol. The molecule has 0 unspecified atom stereocenters. The van der Waals surface area contributed by atoms with Crippen LogP contribution in [0.4, 0.5) is 5.69 Å². The van der Waals surface area contributed by atoms with Gasteiger partial charge in [0.2, 0.25) is 0 Å². The molecule has 0 heterocycles. The first kappa shape index (κ1) is 13.6. The number of anilines is 1. The van der Waals surface area contributed by atoms with Crippen LogP contribution < -0.4 is 5.32 Å². The monoisotopic (exact) mass is 255 g/mol. The summed E-state index contributed by atoms with van der Waals surface area (Å²) in [6.45, 7) is 3.95. The number of hydrogen-bond acceptors (Lipinski definition) is 2. The molecule has 2 nitrogen and oxygen atoms in total. The molecule has 2 rings (SSSR count). The van der Waals surface area contributed by atoms with E-state index in [1.807, 2.05) is 67.6 Å². The summed E-state index contributed by atoms with van der Waals surface area (Å²) < 4.78 is 0. The van der Waals surface area contributed by atoms with Gasteiger partial charge in [-0.3, -0.25) is 0 Å². The molecule has 0 radical (unpaired) electrons. The van der Waals surface area contributed by atoms with Gasteiger partial charge in [-0.15, -0.1) is 0 Å². The Bertz CT molecular complexity index is 493. The molecule has 0 aliphatic heterocycles. The summed E-state index contributed by atoms with van der Waals surface area (Å²) >= 11 is 0. The highest BCUT2D eigenvalue weighted by atomic mass is 16.3. The summed E-state index contributed by atoms with van der Waals surface area (Å²) in [7, 11) is 0. The van der Waals surface area contributed by atoms with Crippen molar-refractivity contribution < 1.29 is 5.11 Å². The van der Waals surface area contributed by atoms with Crippen LogP contribution in [0.15, 0.2) is 60.7 Å². The van der Waals surface area contributed by atoms with Gasteiger partial charge in [0, 0.05) is 11.7 Å². The lowest BCUT2D eigenvalue weighted by Crippen LogP contribution is -2.30. The van der Waals surface area contributed by atoms with E-state index >= 15 is 0 Å². The Kier molecular flexibility index (Phi) is 4.23. The normalized spacial score (nSPS) is 15.5. The van der Waals surface area contributed by atoms with Crippen LogP contribution in [-0.4, -0.2) is 11.1 Å². The molecule has 19 heavy (non-hydrogen) atoms. The topological polar surface area (TPSA) is 32.3 Å². The van der Waals surface area contributed by atoms with Crippen LogP contribution in [0.2, 0.25) is 0 Å². The van der Waals surface area contributed by atoms with Crippen LogP contribution in [0.3, 0.4) is 0 Å². The maximum absolute atomic E-state index is 10.6. The highest BCUT2D eigenvalue weighted by molar-refractivity contribution is 5.43. The molecule has 0 aliphatic carbocycles. The lowest BCUT2D eigenvalue weighted by atomic mass is 9.89. The summed E-state index contributed by atoms with van der Waals surface area (Å²) in [6.07, 6.45) is 0.659. The van der Waals surface area contributed by atoms with Gasteiger partial charge in [-0.2, -0.15) is 0 Å². The first-order valence-corrected chi connectivity index (χ1v) is 6.67. The highest BCUT2D eigenvalue weighted by Crippen LogP contribution is 2.26. The lowest BCUT2D eigenvalue weighted by molar-refractivity contribution is 0.0441. The van der Waals surface area contributed by atoms with Crippen molar-refractivity contribution in [2.75, 3.05) is 5.32 Å². The third kappa shape index (κ3) is 3.83. The van der Waals surface area contributed by atoms with Gasteiger partial charge >= 0.3 is 0 Å². The standard InChI is InChI=1S/C17H21NO/c1-14(18-16-11-7-4-8-12-16)13-17(2,19)15-9-5-3-6-10-15/h3-12,14,18-19H,13H2,1-2H3/t14-,17-/m1/s1. The molecule has 0 bridgehead atoms. The molecular formula is C17H21NO. The molecule has 0 aliphatic rings. The summed E-state index contributed by atoms with van der Waals surface area (Å²) in [6, 6.07) is 20.1. The molecule has 2 atom stereocenters. The minimum atomic E-state index is -0.817. The van der Waals surface area contributed by atoms with E-state index in [-0.39, 0.29) is 6.04 Å². The Morgan fingerprint density at radius 2 is 1.53 bits per heavy atom. The number of nitrogens with one attached hydrogen (secondary N) is 1. The summed E-state index contributed by atoms with van der Waals surface area (Å²) in [5, 5.41) is 14.0. The van der Waals surface area contributed by atoms with Crippen LogP contribution in [0, 0.1) is 0 Å². The van der Waals surface area contributed by atoms with E-state index in [9.17, 15) is 5.11 Å². The number of para-hydroxylation sites is 1. The van der Waals surface area contributed by atoms with Gasteiger partial charge in [0.1, 0.15) is 0 Å². The van der Waals surface area contributed by atoms with E-state index in [1.54, 1.807) is 0 Å². The molecule has 0 saturated carbocycles. The molecule has 100 valence electrons. The number of hydrogen-bond donors (Lipinski definition) is 2. The van der Waals surface area contributed by atoms with Crippen LogP contribution in [0.5, 0.6) is 0 Å². The van der Waals surface area contributed by atoms with Crippen molar-refractivity contribution in [2.24, 2.45) is 0 Å². The van der Waals surface area contributed by atoms with Gasteiger partial charge in [-0.05, 0) is 38.0 Å². The van der Waals surface area contributed by atoms with E-state index < -0.39 is 5.60 Å². The van der Waals surface area contributed by atoms with Gasteiger partial charge in [0.25, 0.3) is 0 Å². The fourth-order valence-electron chi connectivity index (χ4n) is 2.38. The van der Waals surface area contributed by atoms with E-state index in [0.29, 0.717) is 6.42 Å². The van der Waals surface area contributed by atoms with Crippen LogP contribution in [-0.2, 0) is 5.60 Å². The largest absolute Gasteiger partial charge is 0.385 e. The fraction of sp³-hybridized carbons (Fsp3) is 0.294. The van der Waals surface area contributed by atoms with Crippen LogP contribution in [0.1, 0.15) is 25.8 Å².